The summed E-state index contributed by atoms with van der Waals surface area (Å²) in [4.78, 5) is 26.8. The maximum Gasteiger partial charge on any atom is 0.335 e. The van der Waals surface area contributed by atoms with E-state index in [0.29, 0.717) is 29.5 Å². The van der Waals surface area contributed by atoms with Gasteiger partial charge in [0.15, 0.2) is 0 Å². The first-order valence-electron chi connectivity index (χ1n) is 12.5. The van der Waals surface area contributed by atoms with Crippen molar-refractivity contribution in [2.45, 2.75) is 105 Å². The van der Waals surface area contributed by atoms with E-state index in [1.807, 2.05) is 6.92 Å². The van der Waals surface area contributed by atoms with Gasteiger partial charge < -0.3 is 4.74 Å². The molecule has 3 nitrogen and oxygen atoms in total. The minimum Gasteiger partial charge on any atom is -0.455 e. The van der Waals surface area contributed by atoms with Gasteiger partial charge >= 0.3 is 5.97 Å². The molecule has 1 aliphatic heterocycles. The van der Waals surface area contributed by atoms with Gasteiger partial charge in [-0.2, -0.15) is 0 Å². The van der Waals surface area contributed by atoms with Gasteiger partial charge in [-0.25, -0.2) is 4.79 Å². The Morgan fingerprint density at radius 1 is 0.933 bits per heavy atom. The summed E-state index contributed by atoms with van der Waals surface area (Å²) in [5, 5.41) is 0. The van der Waals surface area contributed by atoms with Crippen molar-refractivity contribution >= 4 is 11.8 Å². The molecule has 0 bridgehead atoms. The summed E-state index contributed by atoms with van der Waals surface area (Å²) >= 11 is 0. The van der Waals surface area contributed by atoms with Gasteiger partial charge in [-0.3, -0.25) is 4.79 Å². The monoisotopic (exact) mass is 412 g/mol. The number of Topliss-reactive ketones (excluding diaryl/α,β-unsaturated/α-hetero) is 1. The first-order valence-corrected chi connectivity index (χ1v) is 12.5. The van der Waals surface area contributed by atoms with E-state index in [9.17, 15) is 9.59 Å². The molecule has 8 atom stereocenters. The van der Waals surface area contributed by atoms with Crippen LogP contribution in [0.25, 0.3) is 0 Å². The number of ketones is 1. The Kier molecular flexibility index (Phi) is 4.31. The standard InChI is InChI=1S/C27H40O3/c1-7-24(3)12-8-13-25(4)18(24)11-14-26(5)19-10-9-17-16(2)30-23(29)22(17)27(19,6)21(28)15-20(25)26/h16,18-20H,7-15H2,1-6H3/t16-,18?,19-,20+,24-,25-,26-,27+/m0/s1. The van der Waals surface area contributed by atoms with Gasteiger partial charge in [0.2, 0.25) is 0 Å². The Balaban J connectivity index is 1.60. The first-order chi connectivity index (χ1) is 14.0. The van der Waals surface area contributed by atoms with E-state index >= 15 is 0 Å². The lowest BCUT2D eigenvalue weighted by atomic mass is 9.35. The summed E-state index contributed by atoms with van der Waals surface area (Å²) in [5.74, 6) is 1.53. The minimum absolute atomic E-state index is 0.130. The lowest BCUT2D eigenvalue weighted by Crippen LogP contribution is -2.64. The first kappa shape index (κ1) is 20.8. The SMILES string of the molecule is CC[C@@]1(C)CCC[C@@]2(C)C1CC[C@@]1(C)[C@@H]3CCC4=C(C(=O)O[C@H]4C)[C@@]3(C)C(=O)C[C@@H]12. The van der Waals surface area contributed by atoms with Crippen LogP contribution in [0, 0.1) is 39.4 Å². The highest BCUT2D eigenvalue weighted by Gasteiger charge is 2.69. The van der Waals surface area contributed by atoms with Crippen LogP contribution in [0.15, 0.2) is 11.1 Å². The van der Waals surface area contributed by atoms with Crippen molar-refractivity contribution in [1.82, 2.24) is 0 Å². The molecule has 3 fully saturated rings. The molecule has 166 valence electrons. The Morgan fingerprint density at radius 3 is 2.33 bits per heavy atom. The van der Waals surface area contributed by atoms with E-state index in [2.05, 4.69) is 34.6 Å². The van der Waals surface area contributed by atoms with Crippen LogP contribution >= 0.6 is 0 Å². The molecule has 0 radical (unpaired) electrons. The maximum absolute atomic E-state index is 13.9. The summed E-state index contributed by atoms with van der Waals surface area (Å²) in [6.45, 7) is 14.0. The molecule has 4 aliphatic carbocycles. The molecular formula is C27H40O3. The summed E-state index contributed by atoms with van der Waals surface area (Å²) in [6.07, 6.45) is 10.1. The normalized spacial score (nSPS) is 52.9. The molecule has 0 N–H and O–H groups in total. The fourth-order valence-electron chi connectivity index (χ4n) is 9.78. The fraction of sp³-hybridized carbons (Fsp3) is 0.852. The number of rotatable bonds is 1. The number of esters is 1. The molecule has 0 aromatic rings. The van der Waals surface area contributed by atoms with E-state index in [4.69, 9.17) is 4.74 Å². The third-order valence-electron chi connectivity index (χ3n) is 11.5. The number of hydrogen-bond acceptors (Lipinski definition) is 3. The van der Waals surface area contributed by atoms with Gasteiger partial charge in [0.05, 0.1) is 11.0 Å². The maximum atomic E-state index is 13.9. The Labute approximate surface area is 182 Å². The predicted octanol–water partition coefficient (Wildman–Crippen LogP) is 6.26. The van der Waals surface area contributed by atoms with Crippen molar-refractivity contribution in [2.24, 2.45) is 39.4 Å². The number of carbonyl (C=O) groups excluding carboxylic acids is 2. The smallest absolute Gasteiger partial charge is 0.335 e. The second kappa shape index (κ2) is 6.23. The molecule has 3 heteroatoms. The van der Waals surface area contributed by atoms with Crippen LogP contribution in [0.4, 0.5) is 0 Å². The van der Waals surface area contributed by atoms with Crippen LogP contribution in [0.3, 0.4) is 0 Å². The Morgan fingerprint density at radius 2 is 1.63 bits per heavy atom. The number of cyclic esters (lactones) is 1. The van der Waals surface area contributed by atoms with Crippen LogP contribution in [0.1, 0.15) is 99.3 Å². The van der Waals surface area contributed by atoms with Crippen molar-refractivity contribution in [3.05, 3.63) is 11.1 Å². The number of fused-ring (bicyclic) bond motifs is 6. The van der Waals surface area contributed by atoms with Gasteiger partial charge in [-0.05, 0) is 91.9 Å². The van der Waals surface area contributed by atoms with Crippen LogP contribution < -0.4 is 0 Å². The van der Waals surface area contributed by atoms with Crippen LogP contribution in [-0.4, -0.2) is 17.9 Å². The van der Waals surface area contributed by atoms with Crippen molar-refractivity contribution in [1.29, 1.82) is 0 Å². The molecule has 1 unspecified atom stereocenters. The second-order valence-corrected chi connectivity index (χ2v) is 12.4. The molecule has 30 heavy (non-hydrogen) atoms. The molecule has 0 saturated heterocycles. The highest BCUT2D eigenvalue weighted by molar-refractivity contribution is 6.04. The third-order valence-corrected chi connectivity index (χ3v) is 11.5. The van der Waals surface area contributed by atoms with Gasteiger partial charge in [0.1, 0.15) is 11.9 Å². The summed E-state index contributed by atoms with van der Waals surface area (Å²) < 4.78 is 5.62. The van der Waals surface area contributed by atoms with Gasteiger partial charge in [0.25, 0.3) is 0 Å². The number of carbonyl (C=O) groups is 2. The lowest BCUT2D eigenvalue weighted by molar-refractivity contribution is -0.194. The summed E-state index contributed by atoms with van der Waals surface area (Å²) in [5.41, 5.74) is 2.00. The molecule has 0 spiro atoms. The number of hydrogen-bond donors (Lipinski definition) is 0. The van der Waals surface area contributed by atoms with Crippen LogP contribution in [0.5, 0.6) is 0 Å². The molecule has 1 heterocycles. The molecule has 5 aliphatic rings. The zero-order chi connectivity index (χ0) is 21.7. The molecular weight excluding hydrogens is 372 g/mol. The van der Waals surface area contributed by atoms with Gasteiger partial charge in [0, 0.05) is 6.42 Å². The predicted molar refractivity (Wildman–Crippen MR) is 118 cm³/mol. The van der Waals surface area contributed by atoms with E-state index in [-0.39, 0.29) is 28.8 Å². The highest BCUT2D eigenvalue weighted by atomic mass is 16.5. The van der Waals surface area contributed by atoms with E-state index in [1.54, 1.807) is 0 Å². The molecule has 5 rings (SSSR count). The average molecular weight is 413 g/mol. The summed E-state index contributed by atoms with van der Waals surface area (Å²) in [7, 11) is 0. The van der Waals surface area contributed by atoms with Gasteiger partial charge in [-0.1, -0.05) is 40.5 Å². The van der Waals surface area contributed by atoms with Crippen molar-refractivity contribution < 1.29 is 14.3 Å². The Bertz CT molecular complexity index is 841. The van der Waals surface area contributed by atoms with Crippen LogP contribution in [-0.2, 0) is 14.3 Å². The van der Waals surface area contributed by atoms with E-state index < -0.39 is 5.41 Å². The molecule has 0 aromatic heterocycles. The van der Waals surface area contributed by atoms with E-state index in [0.717, 1.165) is 24.0 Å². The van der Waals surface area contributed by atoms with Crippen molar-refractivity contribution in [3.63, 3.8) is 0 Å². The minimum atomic E-state index is -0.646. The quantitative estimate of drug-likeness (QED) is 0.478. The molecule has 0 amide bonds. The third kappa shape index (κ3) is 2.28. The average Bonchev–Trinajstić information content (AvgIpc) is 2.98. The second-order valence-electron chi connectivity index (χ2n) is 12.4. The topological polar surface area (TPSA) is 43.4 Å². The zero-order valence-corrected chi connectivity index (χ0v) is 19.9. The van der Waals surface area contributed by atoms with Crippen LogP contribution in [0.2, 0.25) is 0 Å². The number of ether oxygens (including phenoxy) is 1. The van der Waals surface area contributed by atoms with E-state index in [1.165, 1.54) is 38.5 Å². The fourth-order valence-corrected chi connectivity index (χ4v) is 9.78. The van der Waals surface area contributed by atoms with Gasteiger partial charge in [-0.15, -0.1) is 0 Å². The van der Waals surface area contributed by atoms with Crippen molar-refractivity contribution in [2.75, 3.05) is 0 Å². The van der Waals surface area contributed by atoms with Crippen molar-refractivity contribution in [3.8, 4) is 0 Å². The summed E-state index contributed by atoms with van der Waals surface area (Å²) in [6, 6.07) is 0. The molecule has 0 aromatic carbocycles. The molecule has 3 saturated carbocycles. The lowest BCUT2D eigenvalue weighted by Gasteiger charge is -2.68. The largest absolute Gasteiger partial charge is 0.455 e. The Hall–Kier alpha value is -1.12. The zero-order valence-electron chi connectivity index (χ0n) is 19.9. The highest BCUT2D eigenvalue weighted by Crippen LogP contribution is 2.73.